The molecule has 0 saturated carbocycles. The molecule has 116 valence electrons. The highest BCUT2D eigenvalue weighted by Crippen LogP contribution is 2.34. The summed E-state index contributed by atoms with van der Waals surface area (Å²) in [5.74, 6) is 2.70. The van der Waals surface area contributed by atoms with Crippen LogP contribution in [0.3, 0.4) is 0 Å². The highest BCUT2D eigenvalue weighted by atomic mass is 32.2. The molecule has 0 bridgehead atoms. The fraction of sp³-hybridized carbons (Fsp3) is 0.600. The topological polar surface area (TPSA) is 64.6 Å². The molecule has 1 aromatic rings. The Kier molecular flexibility index (Phi) is 4.08. The van der Waals surface area contributed by atoms with E-state index in [9.17, 15) is 8.42 Å². The Bertz CT molecular complexity index is 600. The van der Waals surface area contributed by atoms with Crippen molar-refractivity contribution in [1.82, 2.24) is 5.32 Å². The van der Waals surface area contributed by atoms with E-state index < -0.39 is 9.84 Å². The van der Waals surface area contributed by atoms with Gasteiger partial charge in [0.2, 0.25) is 6.79 Å². The lowest BCUT2D eigenvalue weighted by molar-refractivity contribution is 0.174. The van der Waals surface area contributed by atoms with E-state index in [1.165, 1.54) is 0 Å². The van der Waals surface area contributed by atoms with Crippen molar-refractivity contribution in [1.29, 1.82) is 0 Å². The molecule has 6 heteroatoms. The van der Waals surface area contributed by atoms with Crippen molar-refractivity contribution in [3.8, 4) is 11.5 Å². The highest BCUT2D eigenvalue weighted by molar-refractivity contribution is 7.91. The van der Waals surface area contributed by atoms with E-state index in [2.05, 4.69) is 12.2 Å². The third-order valence-corrected chi connectivity index (χ3v) is 6.00. The Morgan fingerprint density at radius 2 is 1.95 bits per heavy atom. The van der Waals surface area contributed by atoms with E-state index in [1.54, 1.807) is 0 Å². The summed E-state index contributed by atoms with van der Waals surface area (Å²) in [6.07, 6.45) is 1.53. The summed E-state index contributed by atoms with van der Waals surface area (Å²) in [5, 5.41) is 3.50. The molecule has 5 nitrogen and oxygen atoms in total. The predicted octanol–water partition coefficient (Wildman–Crippen LogP) is 1.89. The first-order valence-corrected chi connectivity index (χ1v) is 9.19. The average Bonchev–Trinajstić information content (AvgIpc) is 2.93. The van der Waals surface area contributed by atoms with Crippen molar-refractivity contribution >= 4 is 9.84 Å². The highest BCUT2D eigenvalue weighted by Gasteiger charge is 2.24. The molecule has 1 aromatic carbocycles. The van der Waals surface area contributed by atoms with E-state index in [4.69, 9.17) is 9.47 Å². The molecule has 21 heavy (non-hydrogen) atoms. The summed E-state index contributed by atoms with van der Waals surface area (Å²) in [6, 6.07) is 6.18. The van der Waals surface area contributed by atoms with Crippen molar-refractivity contribution in [3.63, 3.8) is 0 Å². The van der Waals surface area contributed by atoms with E-state index in [1.807, 2.05) is 18.2 Å². The summed E-state index contributed by atoms with van der Waals surface area (Å²) in [5.41, 5.74) is 1.16. The smallest absolute Gasteiger partial charge is 0.231 e. The van der Waals surface area contributed by atoms with Gasteiger partial charge in [0.05, 0.1) is 11.5 Å². The summed E-state index contributed by atoms with van der Waals surface area (Å²) in [4.78, 5) is 0. The first kappa shape index (κ1) is 14.7. The third kappa shape index (κ3) is 3.49. The van der Waals surface area contributed by atoms with Crippen molar-refractivity contribution in [2.45, 2.75) is 25.8 Å². The quantitative estimate of drug-likeness (QED) is 0.920. The van der Waals surface area contributed by atoms with Crippen LogP contribution < -0.4 is 14.8 Å². The summed E-state index contributed by atoms with van der Waals surface area (Å²) < 4.78 is 33.5. The van der Waals surface area contributed by atoms with Gasteiger partial charge in [-0.2, -0.15) is 0 Å². The molecular formula is C15H21NO4S. The molecule has 0 radical (unpaired) electrons. The fourth-order valence-corrected chi connectivity index (χ4v) is 4.38. The molecule has 2 heterocycles. The Balaban J connectivity index is 1.54. The Hall–Kier alpha value is -1.27. The molecule has 2 aliphatic heterocycles. The number of sulfone groups is 1. The van der Waals surface area contributed by atoms with Gasteiger partial charge in [0.1, 0.15) is 9.84 Å². The van der Waals surface area contributed by atoms with Gasteiger partial charge in [-0.25, -0.2) is 8.42 Å². The molecule has 1 unspecified atom stereocenters. The van der Waals surface area contributed by atoms with Crippen LogP contribution in [-0.4, -0.2) is 33.3 Å². The Labute approximate surface area is 125 Å². The minimum absolute atomic E-state index is 0.207. The van der Waals surface area contributed by atoms with Crippen molar-refractivity contribution in [2.75, 3.05) is 24.8 Å². The second-order valence-corrected chi connectivity index (χ2v) is 8.14. The van der Waals surface area contributed by atoms with Gasteiger partial charge in [-0.15, -0.1) is 0 Å². The standard InChI is InChI=1S/C15H21NO4S/c1-11(13-2-3-14-15(8-13)20-10-19-14)16-9-12-4-6-21(17,18)7-5-12/h2-3,8,11-12,16H,4-7,9-10H2,1H3. The predicted molar refractivity (Wildman–Crippen MR) is 80.4 cm³/mol. The molecule has 1 N–H and O–H groups in total. The maximum atomic E-state index is 11.4. The normalized spacial score (nSPS) is 22.1. The number of ether oxygens (including phenoxy) is 2. The lowest BCUT2D eigenvalue weighted by Crippen LogP contribution is -2.32. The maximum Gasteiger partial charge on any atom is 0.231 e. The van der Waals surface area contributed by atoms with Crippen molar-refractivity contribution < 1.29 is 17.9 Å². The Morgan fingerprint density at radius 1 is 1.24 bits per heavy atom. The van der Waals surface area contributed by atoms with Crippen LogP contribution in [-0.2, 0) is 9.84 Å². The molecule has 2 aliphatic rings. The molecule has 0 spiro atoms. The molecule has 1 saturated heterocycles. The first-order valence-electron chi connectivity index (χ1n) is 7.37. The minimum Gasteiger partial charge on any atom is -0.454 e. The summed E-state index contributed by atoms with van der Waals surface area (Å²) >= 11 is 0. The molecule has 1 atom stereocenters. The van der Waals surface area contributed by atoms with Crippen LogP contribution in [0, 0.1) is 5.92 Å². The van der Waals surface area contributed by atoms with Gasteiger partial charge in [-0.1, -0.05) is 6.07 Å². The van der Waals surface area contributed by atoms with Gasteiger partial charge in [0, 0.05) is 6.04 Å². The SMILES string of the molecule is CC(NCC1CCS(=O)(=O)CC1)c1ccc2c(c1)OCO2. The zero-order valence-corrected chi connectivity index (χ0v) is 13.0. The fourth-order valence-electron chi connectivity index (χ4n) is 2.79. The minimum atomic E-state index is -2.77. The lowest BCUT2D eigenvalue weighted by Gasteiger charge is -2.24. The molecule has 0 amide bonds. The number of rotatable bonds is 4. The number of hydrogen-bond donors (Lipinski definition) is 1. The number of nitrogens with one attached hydrogen (secondary N) is 1. The molecule has 3 rings (SSSR count). The second kappa shape index (κ2) is 5.85. The van der Waals surface area contributed by atoms with Gasteiger partial charge in [-0.05, 0) is 49.9 Å². The zero-order chi connectivity index (χ0) is 14.9. The maximum absolute atomic E-state index is 11.4. The number of fused-ring (bicyclic) bond motifs is 1. The summed E-state index contributed by atoms with van der Waals surface area (Å²) in [6.45, 7) is 3.25. The van der Waals surface area contributed by atoms with Gasteiger partial charge in [0.25, 0.3) is 0 Å². The van der Waals surface area contributed by atoms with E-state index in [0.717, 1.165) is 36.4 Å². The van der Waals surface area contributed by atoms with Crippen LogP contribution in [0.15, 0.2) is 18.2 Å². The number of benzene rings is 1. The van der Waals surface area contributed by atoms with Crippen LogP contribution in [0.2, 0.25) is 0 Å². The monoisotopic (exact) mass is 311 g/mol. The molecular weight excluding hydrogens is 290 g/mol. The first-order chi connectivity index (χ1) is 10.0. The number of hydrogen-bond acceptors (Lipinski definition) is 5. The lowest BCUT2D eigenvalue weighted by atomic mass is 10.0. The largest absolute Gasteiger partial charge is 0.454 e. The van der Waals surface area contributed by atoms with Crippen molar-refractivity contribution in [3.05, 3.63) is 23.8 Å². The van der Waals surface area contributed by atoms with Crippen LogP contribution in [0.25, 0.3) is 0 Å². The van der Waals surface area contributed by atoms with Crippen LogP contribution in [0.1, 0.15) is 31.4 Å². The second-order valence-electron chi connectivity index (χ2n) is 5.84. The van der Waals surface area contributed by atoms with E-state index >= 15 is 0 Å². The molecule has 1 fully saturated rings. The zero-order valence-electron chi connectivity index (χ0n) is 12.2. The van der Waals surface area contributed by atoms with Gasteiger partial charge < -0.3 is 14.8 Å². The van der Waals surface area contributed by atoms with Crippen molar-refractivity contribution in [2.24, 2.45) is 5.92 Å². The summed E-state index contributed by atoms with van der Waals surface area (Å²) in [7, 11) is -2.77. The van der Waals surface area contributed by atoms with Crippen LogP contribution in [0.4, 0.5) is 0 Å². The van der Waals surface area contributed by atoms with E-state index in [0.29, 0.717) is 17.4 Å². The van der Waals surface area contributed by atoms with Gasteiger partial charge in [0.15, 0.2) is 11.5 Å². The van der Waals surface area contributed by atoms with Gasteiger partial charge >= 0.3 is 0 Å². The van der Waals surface area contributed by atoms with Crippen LogP contribution >= 0.6 is 0 Å². The van der Waals surface area contributed by atoms with Gasteiger partial charge in [-0.3, -0.25) is 0 Å². The van der Waals surface area contributed by atoms with Crippen LogP contribution in [0.5, 0.6) is 11.5 Å². The average molecular weight is 311 g/mol. The third-order valence-electron chi connectivity index (χ3n) is 4.28. The molecule has 0 aromatic heterocycles. The van der Waals surface area contributed by atoms with E-state index in [-0.39, 0.29) is 12.8 Å². The Morgan fingerprint density at radius 3 is 2.71 bits per heavy atom. The molecule has 0 aliphatic carbocycles.